The largest absolute Gasteiger partial charge is 0.465 e. The zero-order valence-electron chi connectivity index (χ0n) is 17.9. The Kier molecular flexibility index (Phi) is 7.69. The molecule has 1 saturated heterocycles. The average molecular weight is 464 g/mol. The van der Waals surface area contributed by atoms with Crippen LogP contribution in [0.25, 0.3) is 0 Å². The minimum absolute atomic E-state index is 0.0319. The molecule has 1 aliphatic heterocycles. The van der Waals surface area contributed by atoms with Crippen molar-refractivity contribution in [1.29, 1.82) is 0 Å². The van der Waals surface area contributed by atoms with Gasteiger partial charge in [0.2, 0.25) is 11.8 Å². The summed E-state index contributed by atoms with van der Waals surface area (Å²) in [6.45, 7) is 6.27. The zero-order chi connectivity index (χ0) is 22.5. The summed E-state index contributed by atoms with van der Waals surface area (Å²) in [5, 5.41) is 3.96. The average Bonchev–Trinajstić information content (AvgIpc) is 3.02. The smallest absolute Gasteiger partial charge is 0.341 e. The maximum atomic E-state index is 12.6. The number of hydrogen-bond acceptors (Lipinski definition) is 6. The first-order chi connectivity index (χ1) is 14.8. The van der Waals surface area contributed by atoms with Gasteiger partial charge in [-0.15, -0.1) is 11.3 Å². The fraction of sp³-hybridized carbons (Fsp3) is 0.409. The Morgan fingerprint density at radius 3 is 2.45 bits per heavy atom. The molecule has 1 aromatic carbocycles. The van der Waals surface area contributed by atoms with Crippen LogP contribution in [-0.4, -0.2) is 67.4 Å². The molecule has 3 rings (SSSR count). The van der Waals surface area contributed by atoms with Gasteiger partial charge in [0.05, 0.1) is 25.6 Å². The summed E-state index contributed by atoms with van der Waals surface area (Å²) < 4.78 is 4.85. The minimum Gasteiger partial charge on any atom is -0.465 e. The standard InChI is InChI=1S/C22H26ClN3O4S/c1-14-15(2)31-21(20(14)22(29)30-3)24-18(27)13-25-8-10-26(11-9-25)19(28)12-16-6-4-5-7-17(16)23/h4-7H,8-13H2,1-3H3,(H,24,27). The fourth-order valence-electron chi connectivity index (χ4n) is 3.50. The summed E-state index contributed by atoms with van der Waals surface area (Å²) in [4.78, 5) is 42.0. The van der Waals surface area contributed by atoms with Gasteiger partial charge in [0.1, 0.15) is 5.00 Å². The van der Waals surface area contributed by atoms with Gasteiger partial charge in [0.25, 0.3) is 0 Å². The molecule has 166 valence electrons. The van der Waals surface area contributed by atoms with Gasteiger partial charge in [-0.2, -0.15) is 0 Å². The monoisotopic (exact) mass is 463 g/mol. The first kappa shape index (κ1) is 23.2. The second-order valence-electron chi connectivity index (χ2n) is 7.45. The molecule has 0 bridgehead atoms. The number of ether oxygens (including phenoxy) is 1. The number of halogens is 1. The highest BCUT2D eigenvalue weighted by atomic mass is 35.5. The Labute approximate surface area is 190 Å². The van der Waals surface area contributed by atoms with Crippen molar-refractivity contribution in [3.63, 3.8) is 0 Å². The fourth-order valence-corrected chi connectivity index (χ4v) is 4.77. The number of anilines is 1. The molecular weight excluding hydrogens is 438 g/mol. The third kappa shape index (κ3) is 5.64. The quantitative estimate of drug-likeness (QED) is 0.666. The molecule has 1 aliphatic rings. The summed E-state index contributed by atoms with van der Waals surface area (Å²) in [7, 11) is 1.33. The van der Waals surface area contributed by atoms with Crippen molar-refractivity contribution in [2.45, 2.75) is 20.3 Å². The second kappa shape index (κ2) is 10.3. The van der Waals surface area contributed by atoms with E-state index < -0.39 is 5.97 Å². The van der Waals surface area contributed by atoms with Crippen LogP contribution in [0.15, 0.2) is 24.3 Å². The summed E-state index contributed by atoms with van der Waals surface area (Å²) in [5.41, 5.74) is 2.05. The topological polar surface area (TPSA) is 79.0 Å². The number of rotatable bonds is 6. The van der Waals surface area contributed by atoms with Crippen LogP contribution < -0.4 is 5.32 Å². The summed E-state index contributed by atoms with van der Waals surface area (Å²) in [6, 6.07) is 7.35. The van der Waals surface area contributed by atoms with E-state index >= 15 is 0 Å². The summed E-state index contributed by atoms with van der Waals surface area (Å²) in [6.07, 6.45) is 0.271. The number of nitrogens with zero attached hydrogens (tertiary/aromatic N) is 2. The van der Waals surface area contributed by atoms with Crippen LogP contribution in [0.3, 0.4) is 0 Å². The van der Waals surface area contributed by atoms with Crippen LogP contribution in [0, 0.1) is 13.8 Å². The molecule has 2 aromatic rings. The lowest BCUT2D eigenvalue weighted by molar-refractivity contribution is -0.132. The van der Waals surface area contributed by atoms with E-state index in [2.05, 4.69) is 5.32 Å². The van der Waals surface area contributed by atoms with Crippen LogP contribution in [0.4, 0.5) is 5.00 Å². The van der Waals surface area contributed by atoms with Crippen molar-refractivity contribution in [1.82, 2.24) is 9.80 Å². The van der Waals surface area contributed by atoms with E-state index in [1.165, 1.54) is 18.4 Å². The van der Waals surface area contributed by atoms with Gasteiger partial charge in [-0.05, 0) is 31.0 Å². The number of esters is 1. The van der Waals surface area contributed by atoms with E-state index in [-0.39, 0.29) is 24.8 Å². The lowest BCUT2D eigenvalue weighted by atomic mass is 10.1. The third-order valence-electron chi connectivity index (χ3n) is 5.42. The number of nitrogens with one attached hydrogen (secondary N) is 1. The van der Waals surface area contributed by atoms with Gasteiger partial charge in [-0.1, -0.05) is 29.8 Å². The second-order valence-corrected chi connectivity index (χ2v) is 9.08. The number of piperazine rings is 1. The van der Waals surface area contributed by atoms with Crippen LogP contribution in [0.5, 0.6) is 0 Å². The van der Waals surface area contributed by atoms with Crippen LogP contribution in [0.2, 0.25) is 5.02 Å². The van der Waals surface area contributed by atoms with Gasteiger partial charge in [-0.25, -0.2) is 4.79 Å². The molecule has 1 fully saturated rings. The molecule has 0 radical (unpaired) electrons. The molecular formula is C22H26ClN3O4S. The van der Waals surface area contributed by atoms with E-state index in [4.69, 9.17) is 16.3 Å². The van der Waals surface area contributed by atoms with Crippen molar-refractivity contribution in [2.24, 2.45) is 0 Å². The highest BCUT2D eigenvalue weighted by Crippen LogP contribution is 2.32. The van der Waals surface area contributed by atoms with E-state index in [0.29, 0.717) is 41.8 Å². The number of aryl methyl sites for hydroxylation is 1. The van der Waals surface area contributed by atoms with Crippen molar-refractivity contribution < 1.29 is 19.1 Å². The SMILES string of the molecule is COC(=O)c1c(NC(=O)CN2CCN(C(=O)Cc3ccccc3Cl)CC2)sc(C)c1C. The van der Waals surface area contributed by atoms with Gasteiger partial charge in [-0.3, -0.25) is 14.5 Å². The van der Waals surface area contributed by atoms with Crippen LogP contribution in [-0.2, 0) is 20.7 Å². The predicted octanol–water partition coefficient (Wildman–Crippen LogP) is 3.13. The Hall–Kier alpha value is -2.42. The molecule has 0 saturated carbocycles. The third-order valence-corrected chi connectivity index (χ3v) is 6.91. The predicted molar refractivity (Wildman–Crippen MR) is 122 cm³/mol. The molecule has 7 nitrogen and oxygen atoms in total. The molecule has 31 heavy (non-hydrogen) atoms. The molecule has 2 heterocycles. The molecule has 1 N–H and O–H groups in total. The van der Waals surface area contributed by atoms with Crippen molar-refractivity contribution >= 4 is 45.7 Å². The first-order valence-corrected chi connectivity index (χ1v) is 11.2. The van der Waals surface area contributed by atoms with Gasteiger partial charge < -0.3 is 15.0 Å². The highest BCUT2D eigenvalue weighted by molar-refractivity contribution is 7.16. The van der Waals surface area contributed by atoms with Crippen molar-refractivity contribution in [2.75, 3.05) is 45.2 Å². The van der Waals surface area contributed by atoms with E-state index in [1.54, 1.807) is 11.0 Å². The Balaban J connectivity index is 1.52. The normalized spacial score (nSPS) is 14.4. The summed E-state index contributed by atoms with van der Waals surface area (Å²) >= 11 is 7.52. The van der Waals surface area contributed by atoms with Crippen LogP contribution in [0.1, 0.15) is 26.4 Å². The molecule has 0 spiro atoms. The lowest BCUT2D eigenvalue weighted by Gasteiger charge is -2.34. The molecule has 9 heteroatoms. The van der Waals surface area contributed by atoms with E-state index in [1.807, 2.05) is 36.9 Å². The number of hydrogen-bond donors (Lipinski definition) is 1. The van der Waals surface area contributed by atoms with Gasteiger partial charge in [0.15, 0.2) is 0 Å². The van der Waals surface area contributed by atoms with Crippen molar-refractivity contribution in [3.05, 3.63) is 50.9 Å². The number of methoxy groups -OCH3 is 1. The molecule has 0 unspecified atom stereocenters. The lowest BCUT2D eigenvalue weighted by Crippen LogP contribution is -2.50. The molecule has 1 aromatic heterocycles. The summed E-state index contributed by atoms with van der Waals surface area (Å²) in [5.74, 6) is -0.616. The number of carbonyl (C=O) groups excluding carboxylic acids is 3. The maximum Gasteiger partial charge on any atom is 0.341 e. The van der Waals surface area contributed by atoms with Gasteiger partial charge in [0, 0.05) is 36.1 Å². The molecule has 0 atom stereocenters. The van der Waals surface area contributed by atoms with Crippen LogP contribution >= 0.6 is 22.9 Å². The molecule has 0 aliphatic carbocycles. The minimum atomic E-state index is -0.456. The number of thiophene rings is 1. The van der Waals surface area contributed by atoms with E-state index in [0.717, 1.165) is 16.0 Å². The van der Waals surface area contributed by atoms with Gasteiger partial charge >= 0.3 is 5.97 Å². The number of benzene rings is 1. The Morgan fingerprint density at radius 1 is 1.13 bits per heavy atom. The van der Waals surface area contributed by atoms with Crippen molar-refractivity contribution in [3.8, 4) is 0 Å². The molecule has 2 amide bonds. The maximum absolute atomic E-state index is 12.6. The number of amides is 2. The number of carbonyl (C=O) groups is 3. The first-order valence-electron chi connectivity index (χ1n) is 10.0. The Morgan fingerprint density at radius 2 is 1.81 bits per heavy atom. The zero-order valence-corrected chi connectivity index (χ0v) is 19.4. The highest BCUT2D eigenvalue weighted by Gasteiger charge is 2.25. The Bertz CT molecular complexity index is 983. The van der Waals surface area contributed by atoms with E-state index in [9.17, 15) is 14.4 Å².